The second-order valence-corrected chi connectivity index (χ2v) is 5.36. The zero-order valence-electron chi connectivity index (χ0n) is 11.4. The molecule has 0 spiro atoms. The van der Waals surface area contributed by atoms with E-state index in [0.29, 0.717) is 0 Å². The van der Waals surface area contributed by atoms with Gasteiger partial charge in [0.15, 0.2) is 5.16 Å². The molecule has 0 amide bonds. The number of fused-ring (bicyclic) bond motifs is 1. The molecule has 0 fully saturated rings. The molecule has 1 N–H and O–H groups in total. The lowest BCUT2D eigenvalue weighted by Gasteiger charge is -2.05. The van der Waals surface area contributed by atoms with Crippen molar-refractivity contribution in [1.82, 2.24) is 29.5 Å². The van der Waals surface area contributed by atoms with Gasteiger partial charge < -0.3 is 14.3 Å². The first-order valence-electron chi connectivity index (χ1n) is 6.48. The van der Waals surface area contributed by atoms with E-state index < -0.39 is 0 Å². The van der Waals surface area contributed by atoms with Gasteiger partial charge in [0.1, 0.15) is 17.0 Å². The summed E-state index contributed by atoms with van der Waals surface area (Å²) in [5, 5.41) is 13.2. The Morgan fingerprint density at radius 1 is 1.35 bits per heavy atom. The fraction of sp³-hybridized carbons (Fsp3) is 0.308. The maximum atomic E-state index is 4.69. The molecular formula is C13H16N6S. The number of pyridine rings is 1. The molecule has 0 unspecified atom stereocenters. The average Bonchev–Trinajstić information content (AvgIpc) is 3.01. The highest BCUT2D eigenvalue weighted by Gasteiger charge is 2.15. The van der Waals surface area contributed by atoms with Gasteiger partial charge in [-0.3, -0.25) is 0 Å². The number of aromatic nitrogens is 5. The van der Waals surface area contributed by atoms with Crippen molar-refractivity contribution in [3.8, 4) is 0 Å². The van der Waals surface area contributed by atoms with E-state index in [-0.39, 0.29) is 0 Å². The standard InChI is InChI=1S/C13H16N6S/c1-3-14-8-10-12(20-13-17-15-9-18(13)2)16-11-6-4-5-7-19(10)11/h4-7,9,14H,3,8H2,1-2H3. The molecule has 3 aromatic heterocycles. The molecule has 0 saturated heterocycles. The number of rotatable bonds is 5. The van der Waals surface area contributed by atoms with Gasteiger partial charge in [0.05, 0.1) is 5.69 Å². The Balaban J connectivity index is 2.02. The van der Waals surface area contributed by atoms with Crippen LogP contribution in [0.1, 0.15) is 12.6 Å². The van der Waals surface area contributed by atoms with Crippen LogP contribution in [0.5, 0.6) is 0 Å². The lowest BCUT2D eigenvalue weighted by molar-refractivity contribution is 0.693. The van der Waals surface area contributed by atoms with Crippen molar-refractivity contribution in [3.63, 3.8) is 0 Å². The van der Waals surface area contributed by atoms with Crippen molar-refractivity contribution in [3.05, 3.63) is 36.4 Å². The third-order valence-corrected chi connectivity index (χ3v) is 4.06. The van der Waals surface area contributed by atoms with Crippen LogP contribution < -0.4 is 5.32 Å². The minimum atomic E-state index is 0.780. The van der Waals surface area contributed by atoms with E-state index in [0.717, 1.165) is 34.6 Å². The minimum Gasteiger partial charge on any atom is -0.311 e. The first-order chi connectivity index (χ1) is 9.79. The van der Waals surface area contributed by atoms with Crippen molar-refractivity contribution in [2.45, 2.75) is 23.7 Å². The molecule has 0 aromatic carbocycles. The molecule has 0 saturated carbocycles. The Kier molecular flexibility index (Phi) is 3.70. The van der Waals surface area contributed by atoms with Crippen molar-refractivity contribution < 1.29 is 0 Å². The lowest BCUT2D eigenvalue weighted by atomic mass is 10.4. The number of aryl methyl sites for hydroxylation is 1. The molecular weight excluding hydrogens is 272 g/mol. The van der Waals surface area contributed by atoms with Gasteiger partial charge in [-0.15, -0.1) is 10.2 Å². The van der Waals surface area contributed by atoms with Gasteiger partial charge in [0.25, 0.3) is 0 Å². The van der Waals surface area contributed by atoms with Gasteiger partial charge >= 0.3 is 0 Å². The fourth-order valence-corrected chi connectivity index (χ4v) is 2.84. The van der Waals surface area contributed by atoms with Gasteiger partial charge in [0.2, 0.25) is 0 Å². The van der Waals surface area contributed by atoms with Crippen molar-refractivity contribution in [2.75, 3.05) is 6.54 Å². The largest absolute Gasteiger partial charge is 0.311 e. The van der Waals surface area contributed by atoms with E-state index in [2.05, 4.69) is 31.8 Å². The molecule has 0 aliphatic rings. The summed E-state index contributed by atoms with van der Waals surface area (Å²) in [6, 6.07) is 6.02. The molecule has 3 heterocycles. The third-order valence-electron chi connectivity index (χ3n) is 2.99. The van der Waals surface area contributed by atoms with Gasteiger partial charge in [-0.25, -0.2) is 4.98 Å². The second kappa shape index (κ2) is 5.64. The van der Waals surface area contributed by atoms with E-state index in [1.165, 1.54) is 0 Å². The first-order valence-corrected chi connectivity index (χ1v) is 7.29. The SMILES string of the molecule is CCNCc1c(Sc2nncn2C)nc2ccccn12. The van der Waals surface area contributed by atoms with E-state index >= 15 is 0 Å². The number of imidazole rings is 1. The molecule has 3 aromatic rings. The Morgan fingerprint density at radius 3 is 3.00 bits per heavy atom. The summed E-state index contributed by atoms with van der Waals surface area (Å²) in [4.78, 5) is 4.69. The van der Waals surface area contributed by atoms with Gasteiger partial charge in [-0.1, -0.05) is 13.0 Å². The zero-order chi connectivity index (χ0) is 13.9. The molecule has 0 bridgehead atoms. The summed E-state index contributed by atoms with van der Waals surface area (Å²) < 4.78 is 4.01. The molecule has 104 valence electrons. The third kappa shape index (κ3) is 2.41. The van der Waals surface area contributed by atoms with Gasteiger partial charge in [-0.2, -0.15) is 0 Å². The van der Waals surface area contributed by atoms with Crippen LogP contribution in [-0.4, -0.2) is 30.7 Å². The predicted molar refractivity (Wildman–Crippen MR) is 77.7 cm³/mol. The molecule has 0 radical (unpaired) electrons. The van der Waals surface area contributed by atoms with Crippen LogP contribution in [0.4, 0.5) is 0 Å². The Bertz CT molecular complexity index is 717. The lowest BCUT2D eigenvalue weighted by Crippen LogP contribution is -2.14. The summed E-state index contributed by atoms with van der Waals surface area (Å²) in [7, 11) is 1.93. The van der Waals surface area contributed by atoms with Crippen LogP contribution in [0.25, 0.3) is 5.65 Å². The zero-order valence-corrected chi connectivity index (χ0v) is 12.3. The number of nitrogens with one attached hydrogen (secondary N) is 1. The smallest absolute Gasteiger partial charge is 0.197 e. The second-order valence-electron chi connectivity index (χ2n) is 4.40. The molecule has 6 nitrogen and oxygen atoms in total. The first kappa shape index (κ1) is 13.1. The maximum Gasteiger partial charge on any atom is 0.197 e. The summed E-state index contributed by atoms with van der Waals surface area (Å²) >= 11 is 1.54. The summed E-state index contributed by atoms with van der Waals surface area (Å²) in [6.07, 6.45) is 3.73. The highest BCUT2D eigenvalue weighted by molar-refractivity contribution is 7.99. The summed E-state index contributed by atoms with van der Waals surface area (Å²) in [5.74, 6) is 0. The average molecular weight is 288 g/mol. The normalized spacial score (nSPS) is 11.3. The highest BCUT2D eigenvalue weighted by atomic mass is 32.2. The van der Waals surface area contributed by atoms with Crippen LogP contribution >= 0.6 is 11.8 Å². The van der Waals surface area contributed by atoms with Crippen molar-refractivity contribution in [2.24, 2.45) is 7.05 Å². The van der Waals surface area contributed by atoms with E-state index in [1.807, 2.05) is 36.0 Å². The van der Waals surface area contributed by atoms with E-state index in [4.69, 9.17) is 0 Å². The molecule has 7 heteroatoms. The Labute approximate surface area is 121 Å². The number of hydrogen-bond acceptors (Lipinski definition) is 5. The van der Waals surface area contributed by atoms with Gasteiger partial charge in [0, 0.05) is 19.8 Å². The van der Waals surface area contributed by atoms with Crippen LogP contribution in [0.15, 0.2) is 40.9 Å². The summed E-state index contributed by atoms with van der Waals surface area (Å²) in [5.41, 5.74) is 2.10. The Morgan fingerprint density at radius 2 is 2.25 bits per heavy atom. The minimum absolute atomic E-state index is 0.780. The van der Waals surface area contributed by atoms with E-state index in [1.54, 1.807) is 18.1 Å². The molecule has 3 rings (SSSR count). The van der Waals surface area contributed by atoms with Crippen LogP contribution in [0.2, 0.25) is 0 Å². The fourth-order valence-electron chi connectivity index (χ4n) is 1.96. The van der Waals surface area contributed by atoms with E-state index in [9.17, 15) is 0 Å². The quantitative estimate of drug-likeness (QED) is 0.774. The van der Waals surface area contributed by atoms with Crippen molar-refractivity contribution >= 4 is 17.4 Å². The molecule has 0 aliphatic heterocycles. The highest BCUT2D eigenvalue weighted by Crippen LogP contribution is 2.28. The predicted octanol–water partition coefficient (Wildman–Crippen LogP) is 1.72. The van der Waals surface area contributed by atoms with Gasteiger partial charge in [-0.05, 0) is 30.4 Å². The van der Waals surface area contributed by atoms with Crippen LogP contribution in [0, 0.1) is 0 Å². The number of hydrogen-bond donors (Lipinski definition) is 1. The van der Waals surface area contributed by atoms with Crippen molar-refractivity contribution in [1.29, 1.82) is 0 Å². The van der Waals surface area contributed by atoms with Crippen LogP contribution in [-0.2, 0) is 13.6 Å². The number of nitrogens with zero attached hydrogens (tertiary/aromatic N) is 5. The van der Waals surface area contributed by atoms with Crippen LogP contribution in [0.3, 0.4) is 0 Å². The Hall–Kier alpha value is -1.86. The molecule has 0 aliphatic carbocycles. The maximum absolute atomic E-state index is 4.69. The topological polar surface area (TPSA) is 60.0 Å². The monoisotopic (exact) mass is 288 g/mol. The summed E-state index contributed by atoms with van der Waals surface area (Å²) in [6.45, 7) is 3.80. The molecule has 0 atom stereocenters. The molecule has 20 heavy (non-hydrogen) atoms.